The van der Waals surface area contributed by atoms with Crippen LogP contribution in [0.1, 0.15) is 16.1 Å². The van der Waals surface area contributed by atoms with Gasteiger partial charge in [0.1, 0.15) is 6.54 Å². The second kappa shape index (κ2) is 7.59. The van der Waals surface area contributed by atoms with Gasteiger partial charge in [0.05, 0.1) is 0 Å². The number of Topliss-reactive ketones (excluding diaryl/α,β-unsaturated/α-hetero) is 1. The van der Waals surface area contributed by atoms with E-state index >= 15 is 0 Å². The fraction of sp³-hybridized carbons (Fsp3) is 0.143. The van der Waals surface area contributed by atoms with E-state index in [4.69, 9.17) is 9.15 Å². The van der Waals surface area contributed by atoms with Crippen LogP contribution in [0.25, 0.3) is 22.4 Å². The van der Waals surface area contributed by atoms with Gasteiger partial charge in [-0.25, -0.2) is 4.79 Å². The van der Waals surface area contributed by atoms with Crippen molar-refractivity contribution < 1.29 is 18.7 Å². The van der Waals surface area contributed by atoms with Crippen LogP contribution < -0.4 is 5.76 Å². The second-order valence-electron chi connectivity index (χ2n) is 6.45. The fourth-order valence-corrected chi connectivity index (χ4v) is 3.13. The topological polar surface area (TPSA) is 107 Å². The van der Waals surface area contributed by atoms with Crippen molar-refractivity contribution in [2.45, 2.75) is 13.5 Å². The smallest absolute Gasteiger partial charge is 0.437 e. The van der Waals surface area contributed by atoms with Crippen LogP contribution in [-0.4, -0.2) is 33.1 Å². The van der Waals surface area contributed by atoms with Crippen molar-refractivity contribution >= 4 is 22.7 Å². The lowest BCUT2D eigenvalue weighted by atomic mass is 10.1. The van der Waals surface area contributed by atoms with E-state index in [2.05, 4.69) is 10.1 Å². The number of esters is 1. The zero-order valence-corrected chi connectivity index (χ0v) is 15.5. The van der Waals surface area contributed by atoms with Gasteiger partial charge in [0, 0.05) is 27.7 Å². The van der Waals surface area contributed by atoms with E-state index in [9.17, 15) is 14.4 Å². The largest absolute Gasteiger partial charge is 0.456 e. The number of ether oxygens (including phenoxy) is 1. The molecule has 0 bridgehead atoms. The highest BCUT2D eigenvalue weighted by Gasteiger charge is 2.19. The van der Waals surface area contributed by atoms with E-state index in [0.29, 0.717) is 16.8 Å². The van der Waals surface area contributed by atoms with Crippen LogP contribution in [0.4, 0.5) is 0 Å². The number of carbonyl (C=O) groups is 2. The van der Waals surface area contributed by atoms with Crippen molar-refractivity contribution in [1.29, 1.82) is 0 Å². The van der Waals surface area contributed by atoms with Gasteiger partial charge in [-0.2, -0.15) is 4.68 Å². The molecule has 8 nitrogen and oxygen atoms in total. The summed E-state index contributed by atoms with van der Waals surface area (Å²) in [5.41, 5.74) is 2.63. The monoisotopic (exact) mass is 391 g/mol. The standard InChI is InChI=1S/C21H17N3O5/c1-13-19(15-9-5-6-10-16(15)22-13)17(25)12-28-18(26)11-24-21(27)29-20(23-24)14-7-3-2-4-8-14/h2-10,22H,11-12H2,1H3. The summed E-state index contributed by atoms with van der Waals surface area (Å²) in [6.07, 6.45) is 0. The molecule has 0 unspecified atom stereocenters. The first kappa shape index (κ1) is 18.4. The maximum atomic E-state index is 12.6. The number of aryl methyl sites for hydroxylation is 1. The Hall–Kier alpha value is -3.94. The molecule has 2 aromatic carbocycles. The summed E-state index contributed by atoms with van der Waals surface area (Å²) in [5.74, 6) is -1.76. The molecule has 8 heteroatoms. The summed E-state index contributed by atoms with van der Waals surface area (Å²) in [6.45, 7) is 0.907. The molecule has 0 saturated heterocycles. The van der Waals surface area contributed by atoms with E-state index in [-0.39, 0.29) is 11.7 Å². The highest BCUT2D eigenvalue weighted by molar-refractivity contribution is 6.10. The first-order valence-electron chi connectivity index (χ1n) is 8.92. The first-order valence-corrected chi connectivity index (χ1v) is 8.92. The van der Waals surface area contributed by atoms with Crippen molar-refractivity contribution in [1.82, 2.24) is 14.8 Å². The average Bonchev–Trinajstić information content (AvgIpc) is 3.26. The summed E-state index contributed by atoms with van der Waals surface area (Å²) < 4.78 is 11.0. The highest BCUT2D eigenvalue weighted by atomic mass is 16.5. The molecule has 0 atom stereocenters. The van der Waals surface area contributed by atoms with E-state index in [1.54, 1.807) is 31.2 Å². The molecule has 0 aliphatic heterocycles. The van der Waals surface area contributed by atoms with Gasteiger partial charge in [-0.1, -0.05) is 36.4 Å². The van der Waals surface area contributed by atoms with E-state index < -0.39 is 24.9 Å². The van der Waals surface area contributed by atoms with Crippen molar-refractivity contribution in [2.75, 3.05) is 6.61 Å². The molecule has 0 amide bonds. The van der Waals surface area contributed by atoms with Crippen LogP contribution in [0.3, 0.4) is 0 Å². The van der Waals surface area contributed by atoms with Crippen LogP contribution >= 0.6 is 0 Å². The van der Waals surface area contributed by atoms with Crippen LogP contribution in [0.15, 0.2) is 63.8 Å². The normalized spacial score (nSPS) is 10.9. The third-order valence-corrected chi connectivity index (χ3v) is 4.44. The van der Waals surface area contributed by atoms with Gasteiger partial charge >= 0.3 is 11.7 Å². The van der Waals surface area contributed by atoms with Gasteiger partial charge in [0.2, 0.25) is 11.7 Å². The predicted octanol–water partition coefficient (Wildman–Crippen LogP) is 2.72. The number of para-hydroxylation sites is 1. The lowest BCUT2D eigenvalue weighted by Crippen LogP contribution is -2.24. The van der Waals surface area contributed by atoms with Gasteiger partial charge in [-0.3, -0.25) is 9.59 Å². The summed E-state index contributed by atoms with van der Waals surface area (Å²) >= 11 is 0. The van der Waals surface area contributed by atoms with Crippen LogP contribution in [0.2, 0.25) is 0 Å². The maximum Gasteiger partial charge on any atom is 0.437 e. The van der Waals surface area contributed by atoms with Crippen LogP contribution in [0, 0.1) is 6.92 Å². The van der Waals surface area contributed by atoms with Crippen molar-refractivity contribution in [3.05, 3.63) is 76.4 Å². The predicted molar refractivity (Wildman–Crippen MR) is 105 cm³/mol. The molecule has 0 saturated carbocycles. The molecule has 29 heavy (non-hydrogen) atoms. The zero-order valence-electron chi connectivity index (χ0n) is 15.5. The lowest BCUT2D eigenvalue weighted by molar-refractivity contribution is -0.143. The summed E-state index contributed by atoms with van der Waals surface area (Å²) in [4.78, 5) is 39.7. The van der Waals surface area contributed by atoms with E-state index in [1.807, 2.05) is 30.3 Å². The number of benzene rings is 2. The Bertz CT molecular complexity index is 1250. The molecular formula is C21H17N3O5. The number of rotatable bonds is 6. The molecule has 0 aliphatic rings. The molecule has 146 valence electrons. The third-order valence-electron chi connectivity index (χ3n) is 4.44. The van der Waals surface area contributed by atoms with Crippen molar-refractivity contribution in [3.8, 4) is 11.5 Å². The van der Waals surface area contributed by atoms with Gasteiger partial charge in [0.25, 0.3) is 0 Å². The SMILES string of the molecule is Cc1[nH]c2ccccc2c1C(=O)COC(=O)Cn1nc(-c2ccccc2)oc1=O. The number of nitrogens with zero attached hydrogens (tertiary/aromatic N) is 2. The molecule has 0 spiro atoms. The van der Waals surface area contributed by atoms with E-state index in [1.165, 1.54) is 0 Å². The van der Waals surface area contributed by atoms with Crippen LogP contribution in [0.5, 0.6) is 0 Å². The molecule has 2 aromatic heterocycles. The number of ketones is 1. The summed E-state index contributed by atoms with van der Waals surface area (Å²) in [7, 11) is 0. The minimum Gasteiger partial charge on any atom is -0.456 e. The number of aromatic amines is 1. The molecule has 0 fully saturated rings. The molecule has 0 radical (unpaired) electrons. The Kier molecular flexibility index (Phi) is 4.82. The van der Waals surface area contributed by atoms with Gasteiger partial charge in [-0.15, -0.1) is 5.10 Å². The number of nitrogens with one attached hydrogen (secondary N) is 1. The fourth-order valence-electron chi connectivity index (χ4n) is 3.13. The summed E-state index contributed by atoms with van der Waals surface area (Å²) in [6, 6.07) is 16.2. The van der Waals surface area contributed by atoms with Crippen molar-refractivity contribution in [3.63, 3.8) is 0 Å². The van der Waals surface area contributed by atoms with Crippen molar-refractivity contribution in [2.24, 2.45) is 0 Å². The Morgan fingerprint density at radius 3 is 2.62 bits per heavy atom. The number of aromatic nitrogens is 3. The highest BCUT2D eigenvalue weighted by Crippen LogP contribution is 2.22. The molecule has 2 heterocycles. The number of carbonyl (C=O) groups excluding carboxylic acids is 2. The number of hydrogen-bond acceptors (Lipinski definition) is 6. The minimum absolute atomic E-state index is 0.105. The van der Waals surface area contributed by atoms with Gasteiger partial charge in [0.15, 0.2) is 6.61 Å². The average molecular weight is 391 g/mol. The number of hydrogen-bond donors (Lipinski definition) is 1. The Balaban J connectivity index is 1.43. The quantitative estimate of drug-likeness (QED) is 0.400. The van der Waals surface area contributed by atoms with Gasteiger partial charge in [-0.05, 0) is 25.1 Å². The Labute approximate surface area is 164 Å². The number of H-pyrrole nitrogens is 1. The number of fused-ring (bicyclic) bond motifs is 1. The maximum absolute atomic E-state index is 12.6. The lowest BCUT2D eigenvalue weighted by Gasteiger charge is -2.04. The Morgan fingerprint density at radius 1 is 1.10 bits per heavy atom. The second-order valence-corrected chi connectivity index (χ2v) is 6.45. The minimum atomic E-state index is -0.778. The van der Waals surface area contributed by atoms with E-state index in [0.717, 1.165) is 15.6 Å². The molecule has 1 N–H and O–H groups in total. The molecule has 4 aromatic rings. The third kappa shape index (κ3) is 3.73. The molecule has 0 aliphatic carbocycles. The molecular weight excluding hydrogens is 374 g/mol. The Morgan fingerprint density at radius 2 is 1.83 bits per heavy atom. The van der Waals surface area contributed by atoms with Crippen LogP contribution in [-0.2, 0) is 16.1 Å². The van der Waals surface area contributed by atoms with Gasteiger partial charge < -0.3 is 14.1 Å². The first-order chi connectivity index (χ1) is 14.0. The molecule has 4 rings (SSSR count). The zero-order chi connectivity index (χ0) is 20.4. The summed E-state index contributed by atoms with van der Waals surface area (Å²) in [5, 5.41) is 4.77.